The lowest BCUT2D eigenvalue weighted by Gasteiger charge is -2.17. The van der Waals surface area contributed by atoms with E-state index in [9.17, 15) is 14.4 Å². The molecule has 1 unspecified atom stereocenters. The number of halogens is 1. The number of nitrogens with zero attached hydrogens (tertiary/aromatic N) is 1. The van der Waals surface area contributed by atoms with Gasteiger partial charge in [0.1, 0.15) is 0 Å². The van der Waals surface area contributed by atoms with Gasteiger partial charge in [-0.3, -0.25) is 14.4 Å². The van der Waals surface area contributed by atoms with Crippen LogP contribution in [0.5, 0.6) is 0 Å². The van der Waals surface area contributed by atoms with Crippen LogP contribution in [0.15, 0.2) is 42.5 Å². The molecule has 0 saturated carbocycles. The molecule has 2 aromatic carbocycles. The summed E-state index contributed by atoms with van der Waals surface area (Å²) in [5, 5.41) is 3.18. The highest BCUT2D eigenvalue weighted by molar-refractivity contribution is 6.33. The molecular formula is C21H21ClN2O4. The van der Waals surface area contributed by atoms with Gasteiger partial charge in [-0.05, 0) is 43.2 Å². The number of ether oxygens (including phenoxy) is 1. The quantitative estimate of drug-likeness (QED) is 0.779. The van der Waals surface area contributed by atoms with Crippen LogP contribution in [0.4, 0.5) is 11.4 Å². The van der Waals surface area contributed by atoms with Gasteiger partial charge in [0, 0.05) is 18.7 Å². The van der Waals surface area contributed by atoms with Gasteiger partial charge in [-0.25, -0.2) is 0 Å². The van der Waals surface area contributed by atoms with Crippen LogP contribution in [0.2, 0.25) is 5.02 Å². The smallest absolute Gasteiger partial charge is 0.311 e. The SMILES string of the molecule is Cc1cccc(NC(=O)COC(=O)C2CC(=O)N(c3ccccc3Cl)C2)c1C. The van der Waals surface area contributed by atoms with E-state index in [0.717, 1.165) is 11.1 Å². The standard InChI is InChI=1S/C21H21ClN2O4/c1-13-6-5-8-17(14(13)2)23-19(25)12-28-21(27)15-10-20(26)24(11-15)18-9-4-3-7-16(18)22/h3-9,15H,10-12H2,1-2H3,(H,23,25). The van der Waals surface area contributed by atoms with E-state index in [1.54, 1.807) is 30.3 Å². The molecule has 146 valence electrons. The number of amides is 2. The second kappa shape index (κ2) is 8.44. The van der Waals surface area contributed by atoms with E-state index >= 15 is 0 Å². The molecule has 1 fully saturated rings. The Labute approximate surface area is 168 Å². The average Bonchev–Trinajstić information content (AvgIpc) is 3.05. The van der Waals surface area contributed by atoms with Gasteiger partial charge in [-0.15, -0.1) is 0 Å². The average molecular weight is 401 g/mol. The number of rotatable bonds is 5. The van der Waals surface area contributed by atoms with E-state index < -0.39 is 24.4 Å². The lowest BCUT2D eigenvalue weighted by molar-refractivity contribution is -0.151. The van der Waals surface area contributed by atoms with Gasteiger partial charge in [0.2, 0.25) is 5.91 Å². The molecule has 1 atom stereocenters. The maximum Gasteiger partial charge on any atom is 0.311 e. The Bertz CT molecular complexity index is 928. The Kier molecular flexibility index (Phi) is 5.99. The first kappa shape index (κ1) is 19.9. The first-order valence-electron chi connectivity index (χ1n) is 8.94. The molecule has 1 heterocycles. The van der Waals surface area contributed by atoms with Gasteiger partial charge in [-0.2, -0.15) is 0 Å². The third-order valence-electron chi connectivity index (χ3n) is 4.83. The minimum atomic E-state index is -0.628. The molecule has 28 heavy (non-hydrogen) atoms. The van der Waals surface area contributed by atoms with Crippen LogP contribution in [0.3, 0.4) is 0 Å². The zero-order chi connectivity index (χ0) is 20.3. The second-order valence-corrected chi connectivity index (χ2v) is 7.17. The largest absolute Gasteiger partial charge is 0.455 e. The van der Waals surface area contributed by atoms with Crippen molar-refractivity contribution in [2.45, 2.75) is 20.3 Å². The molecule has 3 rings (SSSR count). The highest BCUT2D eigenvalue weighted by atomic mass is 35.5. The van der Waals surface area contributed by atoms with Crippen LogP contribution < -0.4 is 10.2 Å². The number of carbonyl (C=O) groups excluding carboxylic acids is 3. The summed E-state index contributed by atoms with van der Waals surface area (Å²) in [5.41, 5.74) is 3.26. The minimum absolute atomic E-state index is 0.0304. The lowest BCUT2D eigenvalue weighted by Crippen LogP contribution is -2.28. The van der Waals surface area contributed by atoms with E-state index in [2.05, 4.69) is 5.32 Å². The van der Waals surface area contributed by atoms with Gasteiger partial charge in [0.25, 0.3) is 5.91 Å². The van der Waals surface area contributed by atoms with Crippen molar-refractivity contribution < 1.29 is 19.1 Å². The van der Waals surface area contributed by atoms with Crippen LogP contribution in [0.1, 0.15) is 17.5 Å². The molecule has 1 aliphatic heterocycles. The van der Waals surface area contributed by atoms with Gasteiger partial charge in [0.05, 0.1) is 16.6 Å². The summed E-state index contributed by atoms with van der Waals surface area (Å²) in [7, 11) is 0. The molecule has 1 N–H and O–H groups in total. The van der Waals surface area contributed by atoms with Crippen LogP contribution in [0, 0.1) is 19.8 Å². The van der Waals surface area contributed by atoms with Gasteiger partial charge >= 0.3 is 5.97 Å². The summed E-state index contributed by atoms with van der Waals surface area (Å²) >= 11 is 6.14. The fourth-order valence-corrected chi connectivity index (χ4v) is 3.33. The topological polar surface area (TPSA) is 75.7 Å². The summed E-state index contributed by atoms with van der Waals surface area (Å²) in [6.45, 7) is 3.64. The second-order valence-electron chi connectivity index (χ2n) is 6.76. The Morgan fingerprint density at radius 1 is 1.18 bits per heavy atom. The molecule has 0 spiro atoms. The predicted octanol–water partition coefficient (Wildman–Crippen LogP) is 3.49. The van der Waals surface area contributed by atoms with Crippen molar-refractivity contribution in [3.05, 3.63) is 58.6 Å². The highest BCUT2D eigenvalue weighted by Crippen LogP contribution is 2.31. The third kappa shape index (κ3) is 4.34. The normalized spacial score (nSPS) is 16.2. The summed E-state index contributed by atoms with van der Waals surface area (Å²) in [5.74, 6) is -1.82. The van der Waals surface area contributed by atoms with E-state index in [0.29, 0.717) is 16.4 Å². The summed E-state index contributed by atoms with van der Waals surface area (Å²) < 4.78 is 5.13. The Balaban J connectivity index is 1.55. The van der Waals surface area contributed by atoms with Crippen molar-refractivity contribution in [3.8, 4) is 0 Å². The van der Waals surface area contributed by atoms with Crippen molar-refractivity contribution in [2.75, 3.05) is 23.4 Å². The van der Waals surface area contributed by atoms with E-state index in [-0.39, 0.29) is 18.9 Å². The van der Waals surface area contributed by atoms with Crippen molar-refractivity contribution in [2.24, 2.45) is 5.92 Å². The Hall–Kier alpha value is -2.86. The number of anilines is 2. The first-order valence-corrected chi connectivity index (χ1v) is 9.32. The predicted molar refractivity (Wildman–Crippen MR) is 107 cm³/mol. The van der Waals surface area contributed by atoms with Gasteiger partial charge in [0.15, 0.2) is 6.61 Å². The van der Waals surface area contributed by atoms with Gasteiger partial charge in [-0.1, -0.05) is 35.9 Å². The summed E-state index contributed by atoms with van der Waals surface area (Å²) in [4.78, 5) is 38.2. The number of hydrogen-bond acceptors (Lipinski definition) is 4. The molecule has 2 aromatic rings. The van der Waals surface area contributed by atoms with Crippen LogP contribution >= 0.6 is 11.6 Å². The highest BCUT2D eigenvalue weighted by Gasteiger charge is 2.37. The zero-order valence-electron chi connectivity index (χ0n) is 15.7. The monoisotopic (exact) mass is 400 g/mol. The number of para-hydroxylation sites is 1. The molecule has 6 nitrogen and oxygen atoms in total. The number of aryl methyl sites for hydroxylation is 1. The molecule has 1 aliphatic rings. The number of carbonyl (C=O) groups is 3. The van der Waals surface area contributed by atoms with Crippen molar-refractivity contribution in [1.82, 2.24) is 0 Å². The summed E-state index contributed by atoms with van der Waals surface area (Å²) in [6.07, 6.45) is 0.0304. The van der Waals surface area contributed by atoms with Crippen molar-refractivity contribution >= 4 is 40.8 Å². The fraction of sp³-hybridized carbons (Fsp3) is 0.286. The van der Waals surface area contributed by atoms with Crippen molar-refractivity contribution in [3.63, 3.8) is 0 Å². The number of benzene rings is 2. The molecule has 0 radical (unpaired) electrons. The molecule has 2 amide bonds. The minimum Gasteiger partial charge on any atom is -0.455 e. The van der Waals surface area contributed by atoms with Crippen LogP contribution in [-0.2, 0) is 19.1 Å². The van der Waals surface area contributed by atoms with Crippen LogP contribution in [0.25, 0.3) is 0 Å². The third-order valence-corrected chi connectivity index (χ3v) is 5.15. The molecule has 0 aromatic heterocycles. The molecule has 0 aliphatic carbocycles. The van der Waals surface area contributed by atoms with Gasteiger partial charge < -0.3 is 15.0 Å². The lowest BCUT2D eigenvalue weighted by atomic mass is 10.1. The Morgan fingerprint density at radius 2 is 1.93 bits per heavy atom. The van der Waals surface area contributed by atoms with E-state index in [4.69, 9.17) is 16.3 Å². The van der Waals surface area contributed by atoms with Crippen LogP contribution in [-0.4, -0.2) is 30.9 Å². The molecule has 0 bridgehead atoms. The number of hydrogen-bond donors (Lipinski definition) is 1. The fourth-order valence-electron chi connectivity index (χ4n) is 3.10. The van der Waals surface area contributed by atoms with E-state index in [1.807, 2.05) is 26.0 Å². The molecule has 1 saturated heterocycles. The summed E-state index contributed by atoms with van der Waals surface area (Å²) in [6, 6.07) is 12.5. The van der Waals surface area contributed by atoms with E-state index in [1.165, 1.54) is 4.90 Å². The van der Waals surface area contributed by atoms with Crippen molar-refractivity contribution in [1.29, 1.82) is 0 Å². The molecule has 7 heteroatoms. The Morgan fingerprint density at radius 3 is 2.68 bits per heavy atom. The number of esters is 1. The zero-order valence-corrected chi connectivity index (χ0v) is 16.5. The maximum absolute atomic E-state index is 12.3. The molecular weight excluding hydrogens is 380 g/mol. The number of nitrogens with one attached hydrogen (secondary N) is 1. The first-order chi connectivity index (χ1) is 13.4. The maximum atomic E-state index is 12.3.